The molecule has 1 saturated heterocycles. The smallest absolute Gasteiger partial charge is 0.338 e. The van der Waals surface area contributed by atoms with Crippen LogP contribution >= 0.6 is 0 Å². The molecule has 0 radical (unpaired) electrons. The predicted molar refractivity (Wildman–Crippen MR) is 168 cm³/mol. The van der Waals surface area contributed by atoms with Crippen LogP contribution in [0, 0.1) is 34.5 Å². The van der Waals surface area contributed by atoms with Gasteiger partial charge in [-0.25, -0.2) is 4.79 Å². The van der Waals surface area contributed by atoms with Crippen LogP contribution in [0.15, 0.2) is 12.1 Å². The van der Waals surface area contributed by atoms with Crippen molar-refractivity contribution in [3.63, 3.8) is 0 Å². The fraction of sp³-hybridized carbons (Fsp3) is 0.800. The number of carbonyl (C=O) groups is 1. The highest BCUT2D eigenvalue weighted by molar-refractivity contribution is 5.91. The lowest BCUT2D eigenvalue weighted by atomic mass is 9.42. The Kier molecular flexibility index (Phi) is 8.10. The van der Waals surface area contributed by atoms with Gasteiger partial charge >= 0.3 is 5.97 Å². The van der Waals surface area contributed by atoms with Gasteiger partial charge in [-0.05, 0) is 43.9 Å². The standard InChI is InChI=1S/C35H51NO11/c1-9-36-16-32(17-47-30(37)18-12-21(40-2)27(45-7)22(13-18)41-3)11-10-24(43-5)34-20-14-19-23(42-4)15-33(38,25(20)26(19)44-6)35(39,31(34)36)29(46-8)28(32)34/h12-13,19-20,23-26,28-29,31,38-39H,9-11,14-17H2,1-8H3/t19-,20-,23+,24+,25-,26+,28-,29+,31+,32+,33-,34+,35+/m1/s1. The van der Waals surface area contributed by atoms with Gasteiger partial charge < -0.3 is 48.1 Å². The minimum atomic E-state index is -1.66. The summed E-state index contributed by atoms with van der Waals surface area (Å²) >= 11 is 0. The average molecular weight is 662 g/mol. The molecule has 0 amide bonds. The van der Waals surface area contributed by atoms with Gasteiger partial charge in [0, 0.05) is 70.0 Å². The number of fused-ring (bicyclic) bond motifs is 2. The number of likely N-dealkylation sites (N-methyl/N-ethyl adjacent to an activating group) is 1. The molecule has 12 heteroatoms. The largest absolute Gasteiger partial charge is 0.493 e. The second kappa shape index (κ2) is 11.4. The molecule has 1 aromatic carbocycles. The van der Waals surface area contributed by atoms with Gasteiger partial charge in [0.1, 0.15) is 11.2 Å². The minimum absolute atomic E-state index is 0.0391. The molecule has 0 aromatic heterocycles. The van der Waals surface area contributed by atoms with Crippen molar-refractivity contribution in [2.45, 2.75) is 74.3 Å². The second-order valence-corrected chi connectivity index (χ2v) is 14.7. The fourth-order valence-corrected chi connectivity index (χ4v) is 12.5. The van der Waals surface area contributed by atoms with E-state index in [9.17, 15) is 15.0 Å². The first-order valence-electron chi connectivity index (χ1n) is 16.8. The Morgan fingerprint density at radius 1 is 0.957 bits per heavy atom. The van der Waals surface area contributed by atoms with Crippen LogP contribution in [-0.4, -0.2) is 132 Å². The van der Waals surface area contributed by atoms with Crippen LogP contribution in [0.25, 0.3) is 0 Å². The van der Waals surface area contributed by atoms with Crippen molar-refractivity contribution >= 4 is 5.97 Å². The van der Waals surface area contributed by atoms with E-state index in [0.717, 1.165) is 12.8 Å². The Morgan fingerprint density at radius 2 is 1.66 bits per heavy atom. The van der Waals surface area contributed by atoms with Crippen molar-refractivity contribution in [2.24, 2.45) is 34.5 Å². The van der Waals surface area contributed by atoms with Crippen molar-refractivity contribution < 1.29 is 52.9 Å². The maximum atomic E-state index is 13.8. The molecule has 262 valence electrons. The fourth-order valence-electron chi connectivity index (χ4n) is 12.5. The van der Waals surface area contributed by atoms with E-state index in [-0.39, 0.29) is 54.2 Å². The van der Waals surface area contributed by atoms with Gasteiger partial charge in [0.2, 0.25) is 5.75 Å². The summed E-state index contributed by atoms with van der Waals surface area (Å²) in [6.45, 7) is 3.42. The first kappa shape index (κ1) is 33.3. The normalized spacial score (nSPS) is 45.9. The highest BCUT2D eigenvalue weighted by atomic mass is 16.5. The highest BCUT2D eigenvalue weighted by Gasteiger charge is 2.91. The number of aliphatic hydroxyl groups is 2. The van der Waals surface area contributed by atoms with Gasteiger partial charge in [0.15, 0.2) is 11.5 Å². The summed E-state index contributed by atoms with van der Waals surface area (Å²) in [5, 5.41) is 26.5. The maximum absolute atomic E-state index is 13.8. The number of nitrogens with zero attached hydrogens (tertiary/aromatic N) is 1. The number of esters is 1. The van der Waals surface area contributed by atoms with E-state index in [1.165, 1.54) is 21.3 Å². The van der Waals surface area contributed by atoms with Crippen molar-refractivity contribution in [3.8, 4) is 17.2 Å². The molecule has 6 aliphatic rings. The third kappa shape index (κ3) is 3.86. The molecule has 2 N–H and O–H groups in total. The molecule has 7 bridgehead atoms. The van der Waals surface area contributed by atoms with E-state index >= 15 is 0 Å². The van der Waals surface area contributed by atoms with Crippen LogP contribution in [0.3, 0.4) is 0 Å². The van der Waals surface area contributed by atoms with Crippen LogP contribution in [0.5, 0.6) is 17.2 Å². The van der Waals surface area contributed by atoms with Crippen LogP contribution < -0.4 is 14.2 Å². The molecule has 1 spiro atoms. The Morgan fingerprint density at radius 3 is 2.21 bits per heavy atom. The van der Waals surface area contributed by atoms with Crippen molar-refractivity contribution in [1.82, 2.24) is 4.90 Å². The number of rotatable bonds is 11. The Balaban J connectivity index is 1.35. The Bertz CT molecular complexity index is 1370. The van der Waals surface area contributed by atoms with E-state index in [1.807, 2.05) is 0 Å². The molecular formula is C35H51NO11. The number of hydrogen-bond acceptors (Lipinski definition) is 12. The molecule has 6 fully saturated rings. The molecule has 5 aliphatic carbocycles. The van der Waals surface area contributed by atoms with E-state index in [0.29, 0.717) is 43.2 Å². The maximum Gasteiger partial charge on any atom is 0.338 e. The Labute approximate surface area is 276 Å². The first-order valence-corrected chi connectivity index (χ1v) is 16.8. The second-order valence-electron chi connectivity index (χ2n) is 14.7. The van der Waals surface area contributed by atoms with Gasteiger partial charge in [-0.2, -0.15) is 0 Å². The summed E-state index contributed by atoms with van der Waals surface area (Å²) in [5.74, 6) is 0.0277. The van der Waals surface area contributed by atoms with E-state index in [2.05, 4.69) is 11.8 Å². The minimum Gasteiger partial charge on any atom is -0.493 e. The predicted octanol–water partition coefficient (Wildman–Crippen LogP) is 2.16. The van der Waals surface area contributed by atoms with Crippen LogP contribution in [-0.2, 0) is 23.7 Å². The van der Waals surface area contributed by atoms with Gasteiger partial charge in [0.25, 0.3) is 0 Å². The zero-order chi connectivity index (χ0) is 33.7. The quantitative estimate of drug-likeness (QED) is 0.337. The zero-order valence-electron chi connectivity index (χ0n) is 28.8. The number of likely N-dealkylation sites (tertiary alicyclic amines) is 1. The number of carbonyl (C=O) groups excluding carboxylic acids is 1. The average Bonchev–Trinajstić information content (AvgIpc) is 3.51. The molecule has 1 aromatic rings. The van der Waals surface area contributed by atoms with Crippen LogP contribution in [0.4, 0.5) is 0 Å². The van der Waals surface area contributed by atoms with Gasteiger partial charge in [-0.15, -0.1) is 0 Å². The molecule has 13 atom stereocenters. The lowest BCUT2D eigenvalue weighted by Crippen LogP contribution is -2.82. The number of piperidine rings is 1. The van der Waals surface area contributed by atoms with E-state index < -0.39 is 40.1 Å². The van der Waals surface area contributed by atoms with Crippen LogP contribution in [0.1, 0.15) is 43.0 Å². The molecular weight excluding hydrogens is 610 g/mol. The first-order chi connectivity index (χ1) is 22.6. The summed E-state index contributed by atoms with van der Waals surface area (Å²) in [5.41, 5.74) is -4.09. The van der Waals surface area contributed by atoms with Gasteiger partial charge in [0.05, 0.1) is 64.0 Å². The van der Waals surface area contributed by atoms with E-state index in [4.69, 9.17) is 37.9 Å². The lowest BCUT2D eigenvalue weighted by molar-refractivity contribution is -0.320. The highest BCUT2D eigenvalue weighted by Crippen LogP contribution is 2.80. The molecule has 5 saturated carbocycles. The molecule has 0 unspecified atom stereocenters. The molecule has 7 rings (SSSR count). The molecule has 47 heavy (non-hydrogen) atoms. The Hall–Kier alpha value is -2.19. The number of benzene rings is 1. The summed E-state index contributed by atoms with van der Waals surface area (Å²) in [6.07, 6.45) is 0.998. The van der Waals surface area contributed by atoms with Gasteiger partial charge in [-0.1, -0.05) is 6.92 Å². The van der Waals surface area contributed by atoms with Crippen molar-refractivity contribution in [3.05, 3.63) is 17.7 Å². The SMILES string of the molecule is CCN1C[C@]2(COC(=O)c3cc(OC)c(OC)c(OC)c3)CC[C@H](OC)[C@@]34[C@@H]5C[C@H]6[C@H](OC)[C@@H]5[C@](O)(C[C@@H]6OC)[C@](O)([C@@H](OC)[C@H]23)[C@@H]14. The number of ether oxygens (including phenoxy) is 8. The summed E-state index contributed by atoms with van der Waals surface area (Å²) in [6, 6.07) is 2.75. The topological polar surface area (TPSA) is 135 Å². The van der Waals surface area contributed by atoms with Crippen molar-refractivity contribution in [1.29, 1.82) is 0 Å². The summed E-state index contributed by atoms with van der Waals surface area (Å²) in [4.78, 5) is 16.1. The summed E-state index contributed by atoms with van der Waals surface area (Å²) < 4.78 is 47.8. The van der Waals surface area contributed by atoms with Crippen LogP contribution in [0.2, 0.25) is 0 Å². The summed E-state index contributed by atoms with van der Waals surface area (Å²) in [7, 11) is 11.3. The molecule has 1 heterocycles. The zero-order valence-corrected chi connectivity index (χ0v) is 28.8. The van der Waals surface area contributed by atoms with Gasteiger partial charge in [-0.3, -0.25) is 4.90 Å². The third-order valence-electron chi connectivity index (χ3n) is 13.7. The van der Waals surface area contributed by atoms with Crippen molar-refractivity contribution in [2.75, 3.05) is 69.5 Å². The molecule has 1 aliphatic heterocycles. The van der Waals surface area contributed by atoms with E-state index in [1.54, 1.807) is 40.6 Å². The third-order valence-corrected chi connectivity index (χ3v) is 13.7. The number of methoxy groups -OCH3 is 7. The number of hydrogen-bond donors (Lipinski definition) is 2. The molecule has 12 nitrogen and oxygen atoms in total. The monoisotopic (exact) mass is 661 g/mol. The lowest BCUT2D eigenvalue weighted by Gasteiger charge is -2.70.